The topological polar surface area (TPSA) is 262 Å². The summed E-state index contributed by atoms with van der Waals surface area (Å²) in [6.45, 7) is -1.29. The number of nitrogens with one attached hydrogen (secondary N) is 1. The molecular formula is C10H17N7O9S. The molecule has 3 aliphatic heterocycles. The number of aliphatic hydroxyl groups is 2. The number of nitrogens with zero attached hydrogens (tertiary/aromatic N) is 3. The average Bonchev–Trinajstić information content (AvgIpc) is 2.96. The lowest BCUT2D eigenvalue weighted by molar-refractivity contribution is -0.529. The Morgan fingerprint density at radius 3 is 2.67 bits per heavy atom. The van der Waals surface area contributed by atoms with Gasteiger partial charge in [-0.05, 0) is 0 Å². The van der Waals surface area contributed by atoms with Crippen LogP contribution in [0.4, 0.5) is 4.79 Å². The largest absolute Gasteiger partial charge is 0.744 e. The first-order valence-corrected chi connectivity index (χ1v) is 8.68. The Balaban J connectivity index is 2.10. The first-order chi connectivity index (χ1) is 12.3. The monoisotopic (exact) mass is 411 g/mol. The molecule has 0 bridgehead atoms. The standard InChI is InChI=1S/C10H17N7O9S/c11-6-14-5-3(2-25-8(13)18)17(21)7(12)16-1-4(26-27(22,23)24)10(19,20)9(5,16)15-6/h3-5,19-20H,1-2,12H2,(H2,13,18)(H3,11,14,15)(H,22,23,24)/t3-,4+,5-,9?/m0/s1. The van der Waals surface area contributed by atoms with E-state index in [9.17, 15) is 28.6 Å². The number of carbonyl (C=O) groups excluding carboxylic acids is 1. The number of hydroxylamine groups is 1. The fraction of sp³-hybridized carbons (Fsp3) is 0.700. The fourth-order valence-corrected chi connectivity index (χ4v) is 4.08. The Hall–Kier alpha value is -2.60. The first-order valence-electron chi connectivity index (χ1n) is 7.32. The van der Waals surface area contributed by atoms with Gasteiger partial charge in [0.15, 0.2) is 18.1 Å². The van der Waals surface area contributed by atoms with Crippen LogP contribution < -0.4 is 22.5 Å². The summed E-state index contributed by atoms with van der Waals surface area (Å²) in [5.41, 5.74) is 14.1. The number of primary amides is 1. The van der Waals surface area contributed by atoms with Gasteiger partial charge < -0.3 is 36.9 Å². The van der Waals surface area contributed by atoms with Crippen molar-refractivity contribution in [1.29, 1.82) is 0 Å². The number of nitrogens with two attached hydrogens (primary N) is 3. The van der Waals surface area contributed by atoms with E-state index in [-0.39, 0.29) is 10.7 Å². The highest BCUT2D eigenvalue weighted by Crippen LogP contribution is 2.45. The van der Waals surface area contributed by atoms with Gasteiger partial charge in [0.25, 0.3) is 5.79 Å². The van der Waals surface area contributed by atoms with Gasteiger partial charge in [0.2, 0.25) is 5.66 Å². The molecule has 16 nitrogen and oxygen atoms in total. The summed E-state index contributed by atoms with van der Waals surface area (Å²) >= 11 is 0. The third-order valence-corrected chi connectivity index (χ3v) is 5.09. The third kappa shape index (κ3) is 2.67. The number of hydrogen-bond acceptors (Lipinski definition) is 13. The lowest BCUT2D eigenvalue weighted by Crippen LogP contribution is -2.79. The van der Waals surface area contributed by atoms with Gasteiger partial charge in [0.1, 0.15) is 19.2 Å². The Labute approximate surface area is 151 Å². The van der Waals surface area contributed by atoms with Crippen LogP contribution in [0.25, 0.3) is 0 Å². The summed E-state index contributed by atoms with van der Waals surface area (Å²) in [4.78, 5) is 15.7. The molecular weight excluding hydrogens is 394 g/mol. The molecule has 1 fully saturated rings. The van der Waals surface area contributed by atoms with Gasteiger partial charge >= 0.3 is 22.5 Å². The van der Waals surface area contributed by atoms with Gasteiger partial charge in [-0.25, -0.2) is 18.9 Å². The highest BCUT2D eigenvalue weighted by atomic mass is 32.3. The maximum atomic E-state index is 12.5. The van der Waals surface area contributed by atoms with E-state index >= 15 is 0 Å². The first kappa shape index (κ1) is 19.2. The van der Waals surface area contributed by atoms with Gasteiger partial charge in [-0.2, -0.15) is 8.42 Å². The minimum atomic E-state index is -5.10. The van der Waals surface area contributed by atoms with Crippen molar-refractivity contribution in [2.24, 2.45) is 22.2 Å². The van der Waals surface area contributed by atoms with E-state index in [1.54, 1.807) is 0 Å². The second-order valence-electron chi connectivity index (χ2n) is 6.08. The molecule has 0 radical (unpaired) electrons. The molecule has 3 rings (SSSR count). The molecule has 0 aliphatic carbocycles. The molecule has 1 unspecified atom stereocenters. The van der Waals surface area contributed by atoms with Crippen molar-refractivity contribution in [2.75, 3.05) is 13.2 Å². The predicted molar refractivity (Wildman–Crippen MR) is 83.7 cm³/mol. The lowest BCUT2D eigenvalue weighted by atomic mass is 9.86. The number of ether oxygens (including phenoxy) is 1. The number of aliphatic imine (C=N–C) groups is 1. The van der Waals surface area contributed by atoms with Crippen LogP contribution in [0, 0.1) is 5.21 Å². The molecule has 1 spiro atoms. The summed E-state index contributed by atoms with van der Waals surface area (Å²) in [5.74, 6) is -4.01. The van der Waals surface area contributed by atoms with Crippen LogP contribution >= 0.6 is 0 Å². The Morgan fingerprint density at radius 2 is 2.11 bits per heavy atom. The van der Waals surface area contributed by atoms with Crippen molar-refractivity contribution in [2.45, 2.75) is 29.6 Å². The van der Waals surface area contributed by atoms with Crippen LogP contribution in [0.15, 0.2) is 4.99 Å². The molecule has 0 aromatic heterocycles. The fourth-order valence-electron chi connectivity index (χ4n) is 3.59. The zero-order valence-electron chi connectivity index (χ0n) is 13.4. The molecule has 1 saturated heterocycles. The van der Waals surface area contributed by atoms with E-state index in [1.165, 1.54) is 0 Å². The van der Waals surface area contributed by atoms with Crippen molar-refractivity contribution < 1.29 is 41.6 Å². The van der Waals surface area contributed by atoms with E-state index in [4.69, 9.17) is 21.8 Å². The number of hydrogen-bond donors (Lipinski definition) is 7. The molecule has 0 aromatic rings. The minimum Gasteiger partial charge on any atom is -0.744 e. The van der Waals surface area contributed by atoms with Crippen molar-refractivity contribution in [3.8, 4) is 0 Å². The average molecular weight is 411 g/mol. The Bertz CT molecular complexity index is 842. The minimum absolute atomic E-state index is 0.182. The van der Waals surface area contributed by atoms with E-state index in [0.717, 1.165) is 4.90 Å². The van der Waals surface area contributed by atoms with Gasteiger partial charge in [-0.3, -0.25) is 15.0 Å². The smallest absolute Gasteiger partial charge is 0.404 e. The third-order valence-electron chi connectivity index (χ3n) is 4.61. The van der Waals surface area contributed by atoms with Crippen LogP contribution in [0.2, 0.25) is 0 Å². The molecule has 152 valence electrons. The highest BCUT2D eigenvalue weighted by Gasteiger charge is 2.78. The van der Waals surface area contributed by atoms with Gasteiger partial charge in [0.05, 0.1) is 0 Å². The van der Waals surface area contributed by atoms with Gasteiger partial charge in [-0.1, -0.05) is 0 Å². The van der Waals surface area contributed by atoms with Crippen molar-refractivity contribution in [3.63, 3.8) is 0 Å². The molecule has 10 N–H and O–H groups in total. The van der Waals surface area contributed by atoms with Crippen molar-refractivity contribution >= 4 is 28.4 Å². The SMILES string of the molecule is NC(=O)OC[C@H]1[C@@H]2N=C(N)NC23N(C[C@@H](OS(=O)(=O)O)C3(O)O)C(N)=[N+]1[O-]. The summed E-state index contributed by atoms with van der Waals surface area (Å²) in [5, 5.41) is 36.3. The number of rotatable bonds is 4. The number of guanidine groups is 2. The second kappa shape index (κ2) is 5.70. The second-order valence-corrected chi connectivity index (χ2v) is 7.13. The lowest BCUT2D eigenvalue weighted by Gasteiger charge is -2.47. The molecule has 27 heavy (non-hydrogen) atoms. The van der Waals surface area contributed by atoms with Crippen molar-refractivity contribution in [3.05, 3.63) is 5.21 Å². The number of amides is 1. The van der Waals surface area contributed by atoms with Crippen LogP contribution in [-0.4, -0.2) is 93.6 Å². The van der Waals surface area contributed by atoms with Crippen LogP contribution in [0.5, 0.6) is 0 Å². The molecule has 1 amide bonds. The zero-order chi connectivity index (χ0) is 20.4. The zero-order valence-corrected chi connectivity index (χ0v) is 14.2. The maximum absolute atomic E-state index is 12.5. The summed E-state index contributed by atoms with van der Waals surface area (Å²) in [6, 6.07) is -2.81. The molecule has 17 heteroatoms. The van der Waals surface area contributed by atoms with Crippen LogP contribution in [0.3, 0.4) is 0 Å². The highest BCUT2D eigenvalue weighted by molar-refractivity contribution is 7.80. The molecule has 3 aliphatic rings. The molecule has 0 aromatic carbocycles. The van der Waals surface area contributed by atoms with Crippen molar-refractivity contribution in [1.82, 2.24) is 10.2 Å². The Morgan fingerprint density at radius 1 is 1.48 bits per heavy atom. The quantitative estimate of drug-likeness (QED) is 0.0985. The molecule has 3 heterocycles. The Kier molecular flexibility index (Phi) is 4.04. The number of carbonyl (C=O) groups is 1. The molecule has 0 saturated carbocycles. The van der Waals surface area contributed by atoms with E-state index in [0.29, 0.717) is 0 Å². The summed E-state index contributed by atoms with van der Waals surface area (Å²) in [7, 11) is -5.10. The van der Waals surface area contributed by atoms with Crippen LogP contribution in [-0.2, 0) is 19.3 Å². The normalized spacial score (nSPS) is 34.6. The van der Waals surface area contributed by atoms with Gasteiger partial charge in [-0.15, -0.1) is 0 Å². The van der Waals surface area contributed by atoms with Crippen LogP contribution in [0.1, 0.15) is 0 Å². The van der Waals surface area contributed by atoms with E-state index < -0.39 is 65.2 Å². The summed E-state index contributed by atoms with van der Waals surface area (Å²) in [6.07, 6.45) is -3.19. The van der Waals surface area contributed by atoms with E-state index in [2.05, 4.69) is 19.2 Å². The van der Waals surface area contributed by atoms with Gasteiger partial charge in [0, 0.05) is 0 Å². The molecule has 4 atom stereocenters. The maximum Gasteiger partial charge on any atom is 0.404 e. The summed E-state index contributed by atoms with van der Waals surface area (Å²) < 4.78 is 40.1. The predicted octanol–water partition coefficient (Wildman–Crippen LogP) is -5.54. The van der Waals surface area contributed by atoms with E-state index in [1.807, 2.05) is 0 Å².